The van der Waals surface area contributed by atoms with Crippen LogP contribution in [0.5, 0.6) is 0 Å². The molecule has 0 fully saturated rings. The van der Waals surface area contributed by atoms with E-state index in [1.54, 1.807) is 0 Å². The second-order valence-corrected chi connectivity index (χ2v) is 4.58. The predicted octanol–water partition coefficient (Wildman–Crippen LogP) is 3.35. The molecule has 0 aliphatic heterocycles. The van der Waals surface area contributed by atoms with Gasteiger partial charge in [-0.15, -0.1) is 0 Å². The average molecular weight is 191 g/mol. The van der Waals surface area contributed by atoms with E-state index in [0.29, 0.717) is 5.92 Å². The van der Waals surface area contributed by atoms with E-state index < -0.39 is 0 Å². The lowest BCUT2D eigenvalue weighted by Crippen LogP contribution is -2.13. The van der Waals surface area contributed by atoms with Crippen LogP contribution in [0.25, 0.3) is 0 Å². The van der Waals surface area contributed by atoms with Gasteiger partial charge in [0.1, 0.15) is 0 Å². The molecule has 1 nitrogen and oxygen atoms in total. The third kappa shape index (κ3) is 2.85. The first kappa shape index (κ1) is 11.3. The minimum Gasteiger partial charge on any atom is -0.324 e. The largest absolute Gasteiger partial charge is 0.324 e. The van der Waals surface area contributed by atoms with Gasteiger partial charge in [-0.1, -0.05) is 32.0 Å². The van der Waals surface area contributed by atoms with Crippen LogP contribution >= 0.6 is 0 Å². The Balaban J connectivity index is 2.80. The predicted molar refractivity (Wildman–Crippen MR) is 62.3 cm³/mol. The molecule has 14 heavy (non-hydrogen) atoms. The zero-order valence-corrected chi connectivity index (χ0v) is 9.67. The highest BCUT2D eigenvalue weighted by Crippen LogP contribution is 2.20. The summed E-state index contributed by atoms with van der Waals surface area (Å²) < 4.78 is 0. The zero-order valence-electron chi connectivity index (χ0n) is 9.67. The van der Waals surface area contributed by atoms with Crippen LogP contribution in [0.1, 0.15) is 43.0 Å². The van der Waals surface area contributed by atoms with Gasteiger partial charge in [-0.2, -0.15) is 0 Å². The summed E-state index contributed by atoms with van der Waals surface area (Å²) in [5, 5.41) is 0. The molecule has 1 heteroatoms. The Hall–Kier alpha value is -0.820. The van der Waals surface area contributed by atoms with Crippen LogP contribution in [0, 0.1) is 19.8 Å². The Labute approximate surface area is 87.3 Å². The van der Waals surface area contributed by atoms with Gasteiger partial charge in [-0.05, 0) is 42.9 Å². The third-order valence-corrected chi connectivity index (χ3v) is 2.68. The highest BCUT2D eigenvalue weighted by atomic mass is 14.6. The van der Waals surface area contributed by atoms with Crippen LogP contribution in [0.3, 0.4) is 0 Å². The summed E-state index contributed by atoms with van der Waals surface area (Å²) in [6, 6.07) is 6.71. The summed E-state index contributed by atoms with van der Waals surface area (Å²) in [6.45, 7) is 8.69. The topological polar surface area (TPSA) is 26.0 Å². The molecule has 0 aromatic heterocycles. The van der Waals surface area contributed by atoms with E-state index in [4.69, 9.17) is 5.73 Å². The minimum absolute atomic E-state index is 0.189. The van der Waals surface area contributed by atoms with Crippen molar-refractivity contribution in [3.05, 3.63) is 34.9 Å². The number of benzene rings is 1. The molecule has 1 aromatic rings. The summed E-state index contributed by atoms with van der Waals surface area (Å²) in [5.74, 6) is 0.659. The van der Waals surface area contributed by atoms with Crippen LogP contribution in [-0.4, -0.2) is 0 Å². The zero-order chi connectivity index (χ0) is 10.7. The lowest BCUT2D eigenvalue weighted by Gasteiger charge is -2.15. The Bertz CT molecular complexity index is 302. The van der Waals surface area contributed by atoms with Crippen LogP contribution in [0.2, 0.25) is 0 Å². The standard InChI is InChI=1S/C13H21N/c1-9(2)7-13(14)12-6-5-10(3)11(4)8-12/h5-6,8-9,13H,7,14H2,1-4H3. The molecule has 0 saturated carbocycles. The van der Waals surface area contributed by atoms with Crippen molar-refractivity contribution in [3.63, 3.8) is 0 Å². The van der Waals surface area contributed by atoms with Crippen LogP contribution in [-0.2, 0) is 0 Å². The van der Waals surface area contributed by atoms with E-state index in [1.165, 1.54) is 16.7 Å². The SMILES string of the molecule is Cc1ccc(C(N)CC(C)C)cc1C. The van der Waals surface area contributed by atoms with Crippen molar-refractivity contribution in [1.82, 2.24) is 0 Å². The number of nitrogens with two attached hydrogens (primary N) is 1. The van der Waals surface area contributed by atoms with Gasteiger partial charge in [0.15, 0.2) is 0 Å². The molecule has 1 rings (SSSR count). The smallest absolute Gasteiger partial charge is 0.0297 e. The molecule has 0 saturated heterocycles. The second kappa shape index (κ2) is 4.61. The van der Waals surface area contributed by atoms with Crippen molar-refractivity contribution >= 4 is 0 Å². The van der Waals surface area contributed by atoms with Crippen LogP contribution in [0.15, 0.2) is 18.2 Å². The normalized spacial score (nSPS) is 13.3. The average Bonchev–Trinajstić information content (AvgIpc) is 2.08. The summed E-state index contributed by atoms with van der Waals surface area (Å²) in [5.41, 5.74) is 10.1. The number of hydrogen-bond acceptors (Lipinski definition) is 1. The third-order valence-electron chi connectivity index (χ3n) is 2.68. The number of hydrogen-bond donors (Lipinski definition) is 1. The maximum Gasteiger partial charge on any atom is 0.0297 e. The molecule has 1 atom stereocenters. The fourth-order valence-electron chi connectivity index (χ4n) is 1.64. The van der Waals surface area contributed by atoms with E-state index in [-0.39, 0.29) is 6.04 Å². The molecule has 0 aliphatic carbocycles. The lowest BCUT2D eigenvalue weighted by atomic mass is 9.95. The first-order valence-corrected chi connectivity index (χ1v) is 5.33. The fourth-order valence-corrected chi connectivity index (χ4v) is 1.64. The molecule has 0 radical (unpaired) electrons. The van der Waals surface area contributed by atoms with Crippen molar-refractivity contribution in [2.45, 2.75) is 40.2 Å². The van der Waals surface area contributed by atoms with Crippen LogP contribution < -0.4 is 5.73 Å². The molecule has 0 amide bonds. The van der Waals surface area contributed by atoms with Crippen molar-refractivity contribution in [3.8, 4) is 0 Å². The van der Waals surface area contributed by atoms with E-state index in [9.17, 15) is 0 Å². The van der Waals surface area contributed by atoms with E-state index >= 15 is 0 Å². The van der Waals surface area contributed by atoms with E-state index in [0.717, 1.165) is 6.42 Å². The summed E-state index contributed by atoms with van der Waals surface area (Å²) in [6.07, 6.45) is 1.06. The van der Waals surface area contributed by atoms with Crippen LogP contribution in [0.4, 0.5) is 0 Å². The first-order chi connectivity index (χ1) is 6.50. The Morgan fingerprint density at radius 2 is 1.79 bits per heavy atom. The van der Waals surface area contributed by atoms with E-state index in [1.807, 2.05) is 0 Å². The van der Waals surface area contributed by atoms with Gasteiger partial charge in [0, 0.05) is 6.04 Å². The van der Waals surface area contributed by atoms with Crippen molar-refractivity contribution in [1.29, 1.82) is 0 Å². The number of aryl methyl sites for hydroxylation is 2. The fraction of sp³-hybridized carbons (Fsp3) is 0.538. The van der Waals surface area contributed by atoms with Crippen molar-refractivity contribution < 1.29 is 0 Å². The highest BCUT2D eigenvalue weighted by Gasteiger charge is 2.08. The van der Waals surface area contributed by atoms with Gasteiger partial charge in [0.2, 0.25) is 0 Å². The van der Waals surface area contributed by atoms with E-state index in [2.05, 4.69) is 45.9 Å². The second-order valence-electron chi connectivity index (χ2n) is 4.58. The quantitative estimate of drug-likeness (QED) is 0.779. The Kier molecular flexibility index (Phi) is 3.70. The van der Waals surface area contributed by atoms with Gasteiger partial charge in [0.25, 0.3) is 0 Å². The molecule has 1 aromatic carbocycles. The molecule has 0 bridgehead atoms. The van der Waals surface area contributed by atoms with Crippen molar-refractivity contribution in [2.75, 3.05) is 0 Å². The molecule has 2 N–H and O–H groups in total. The van der Waals surface area contributed by atoms with Gasteiger partial charge < -0.3 is 5.73 Å². The minimum atomic E-state index is 0.189. The monoisotopic (exact) mass is 191 g/mol. The molecule has 0 aliphatic rings. The maximum absolute atomic E-state index is 6.11. The van der Waals surface area contributed by atoms with Gasteiger partial charge >= 0.3 is 0 Å². The maximum atomic E-state index is 6.11. The highest BCUT2D eigenvalue weighted by molar-refractivity contribution is 5.31. The molecular formula is C13H21N. The van der Waals surface area contributed by atoms with Gasteiger partial charge in [0.05, 0.1) is 0 Å². The summed E-state index contributed by atoms with van der Waals surface area (Å²) >= 11 is 0. The number of rotatable bonds is 3. The Morgan fingerprint density at radius 3 is 2.29 bits per heavy atom. The Morgan fingerprint density at radius 1 is 1.14 bits per heavy atom. The molecular weight excluding hydrogens is 170 g/mol. The van der Waals surface area contributed by atoms with Gasteiger partial charge in [-0.25, -0.2) is 0 Å². The molecule has 78 valence electrons. The molecule has 0 spiro atoms. The first-order valence-electron chi connectivity index (χ1n) is 5.33. The van der Waals surface area contributed by atoms with Gasteiger partial charge in [-0.3, -0.25) is 0 Å². The summed E-state index contributed by atoms with van der Waals surface area (Å²) in [7, 11) is 0. The lowest BCUT2D eigenvalue weighted by molar-refractivity contribution is 0.510. The molecule has 1 unspecified atom stereocenters. The summed E-state index contributed by atoms with van der Waals surface area (Å²) in [4.78, 5) is 0. The van der Waals surface area contributed by atoms with Crippen molar-refractivity contribution in [2.24, 2.45) is 11.7 Å². The molecule has 0 heterocycles.